The molecule has 0 saturated heterocycles. The molecule has 0 aliphatic carbocycles. The lowest BCUT2D eigenvalue weighted by Crippen LogP contribution is -2.34. The van der Waals surface area contributed by atoms with Gasteiger partial charge >= 0.3 is 0 Å². The Morgan fingerprint density at radius 2 is 2.00 bits per heavy atom. The quantitative estimate of drug-likeness (QED) is 0.782. The summed E-state index contributed by atoms with van der Waals surface area (Å²) in [5, 5.41) is 0. The van der Waals surface area contributed by atoms with Gasteiger partial charge in [0.25, 0.3) is 0 Å². The molecule has 0 aromatic heterocycles. The highest BCUT2D eigenvalue weighted by Crippen LogP contribution is 2.03. The van der Waals surface area contributed by atoms with Crippen LogP contribution in [0.4, 0.5) is 0 Å². The van der Waals surface area contributed by atoms with E-state index in [1.54, 1.807) is 4.90 Å². The highest BCUT2D eigenvalue weighted by molar-refractivity contribution is 7.80. The van der Waals surface area contributed by atoms with Crippen LogP contribution in [-0.2, 0) is 11.2 Å². The molecule has 2 N–H and O–H groups in total. The molecule has 1 amide bonds. The molecule has 1 rings (SSSR count). The van der Waals surface area contributed by atoms with E-state index >= 15 is 0 Å². The minimum absolute atomic E-state index is 0.120. The molecule has 17 heavy (non-hydrogen) atoms. The average Bonchev–Trinajstić information content (AvgIpc) is 2.30. The molecular weight excluding hydrogens is 232 g/mol. The van der Waals surface area contributed by atoms with Crippen LogP contribution < -0.4 is 5.73 Å². The fourth-order valence-electron chi connectivity index (χ4n) is 1.59. The largest absolute Gasteiger partial charge is 0.393 e. The second-order valence-corrected chi connectivity index (χ2v) is 4.38. The zero-order chi connectivity index (χ0) is 12.7. The van der Waals surface area contributed by atoms with Gasteiger partial charge in [0.1, 0.15) is 0 Å². The number of rotatable bonds is 6. The van der Waals surface area contributed by atoms with Crippen molar-refractivity contribution in [3.63, 3.8) is 0 Å². The summed E-state index contributed by atoms with van der Waals surface area (Å²) in [6.45, 7) is 3.26. The molecule has 0 aliphatic heterocycles. The van der Waals surface area contributed by atoms with Gasteiger partial charge in [0.15, 0.2) is 0 Å². The lowest BCUT2D eigenvalue weighted by Gasteiger charge is -2.20. The van der Waals surface area contributed by atoms with Crippen LogP contribution in [0.3, 0.4) is 0 Å². The van der Waals surface area contributed by atoms with Gasteiger partial charge in [-0.05, 0) is 12.5 Å². The summed E-state index contributed by atoms with van der Waals surface area (Å²) >= 11 is 4.82. The van der Waals surface area contributed by atoms with Crippen molar-refractivity contribution in [3.05, 3.63) is 35.9 Å². The van der Waals surface area contributed by atoms with Crippen molar-refractivity contribution < 1.29 is 4.79 Å². The first-order chi connectivity index (χ1) is 8.13. The summed E-state index contributed by atoms with van der Waals surface area (Å²) < 4.78 is 0. The van der Waals surface area contributed by atoms with E-state index in [1.807, 2.05) is 37.3 Å². The number of carbonyl (C=O) groups excluding carboxylic acids is 1. The third kappa shape index (κ3) is 4.95. The molecule has 0 heterocycles. The Kier molecular flexibility index (Phi) is 5.63. The molecular formula is C13H18N2OS. The number of hydrogen-bond donors (Lipinski definition) is 1. The van der Waals surface area contributed by atoms with Crippen molar-refractivity contribution in [2.45, 2.75) is 19.8 Å². The zero-order valence-electron chi connectivity index (χ0n) is 10.1. The van der Waals surface area contributed by atoms with Gasteiger partial charge in [0, 0.05) is 19.5 Å². The molecule has 92 valence electrons. The van der Waals surface area contributed by atoms with Gasteiger partial charge in [0.05, 0.1) is 11.4 Å². The molecule has 0 aliphatic rings. The molecule has 0 saturated carbocycles. The summed E-state index contributed by atoms with van der Waals surface area (Å²) in [4.78, 5) is 14.2. The van der Waals surface area contributed by atoms with E-state index < -0.39 is 0 Å². The second-order valence-electron chi connectivity index (χ2n) is 3.85. The predicted molar refractivity (Wildman–Crippen MR) is 73.8 cm³/mol. The number of likely N-dealkylation sites (N-methyl/N-ethyl adjacent to an activating group) is 1. The normalized spacial score (nSPS) is 9.94. The maximum atomic E-state index is 12.0. The molecule has 1 aromatic rings. The first kappa shape index (κ1) is 13.6. The summed E-state index contributed by atoms with van der Waals surface area (Å²) in [6, 6.07) is 9.73. The number of benzene rings is 1. The van der Waals surface area contributed by atoms with Gasteiger partial charge in [0.2, 0.25) is 5.91 Å². The zero-order valence-corrected chi connectivity index (χ0v) is 10.9. The number of hydrogen-bond acceptors (Lipinski definition) is 2. The molecule has 0 bridgehead atoms. The number of nitrogens with zero attached hydrogens (tertiary/aromatic N) is 1. The lowest BCUT2D eigenvalue weighted by molar-refractivity contribution is -0.130. The standard InChI is InChI=1S/C13H18N2OS/c1-2-15(9-8-12(14)17)13(16)10-11-6-4-3-5-7-11/h3-7H,2,8-10H2,1H3,(H2,14,17). The van der Waals surface area contributed by atoms with Crippen LogP contribution in [-0.4, -0.2) is 28.9 Å². The summed E-state index contributed by atoms with van der Waals surface area (Å²) in [7, 11) is 0. The number of carbonyl (C=O) groups is 1. The average molecular weight is 250 g/mol. The summed E-state index contributed by atoms with van der Waals surface area (Å²) in [5.41, 5.74) is 6.48. The topological polar surface area (TPSA) is 46.3 Å². The molecule has 0 atom stereocenters. The monoisotopic (exact) mass is 250 g/mol. The van der Waals surface area contributed by atoms with Crippen molar-refractivity contribution in [1.29, 1.82) is 0 Å². The minimum atomic E-state index is 0.120. The van der Waals surface area contributed by atoms with E-state index in [0.29, 0.717) is 30.9 Å². The van der Waals surface area contributed by atoms with Gasteiger partial charge in [-0.15, -0.1) is 0 Å². The van der Waals surface area contributed by atoms with Gasteiger partial charge in [-0.2, -0.15) is 0 Å². The first-order valence-corrected chi connectivity index (χ1v) is 6.14. The summed E-state index contributed by atoms with van der Waals surface area (Å²) in [5.74, 6) is 0.120. The van der Waals surface area contributed by atoms with Crippen LogP contribution in [0.25, 0.3) is 0 Å². The highest BCUT2D eigenvalue weighted by Gasteiger charge is 2.11. The van der Waals surface area contributed by atoms with Crippen molar-refractivity contribution in [2.24, 2.45) is 5.73 Å². The first-order valence-electron chi connectivity index (χ1n) is 5.73. The molecule has 0 radical (unpaired) electrons. The molecule has 0 fully saturated rings. The number of nitrogens with two attached hydrogens (primary N) is 1. The van der Waals surface area contributed by atoms with E-state index in [0.717, 1.165) is 5.56 Å². The van der Waals surface area contributed by atoms with Gasteiger partial charge in [-0.25, -0.2) is 0 Å². The predicted octanol–water partition coefficient (Wildman–Crippen LogP) is 1.75. The van der Waals surface area contributed by atoms with Crippen molar-refractivity contribution >= 4 is 23.1 Å². The number of thiocarbonyl (C=S) groups is 1. The van der Waals surface area contributed by atoms with Crippen LogP contribution in [0, 0.1) is 0 Å². The van der Waals surface area contributed by atoms with Gasteiger partial charge in [-0.1, -0.05) is 42.5 Å². The van der Waals surface area contributed by atoms with Crippen molar-refractivity contribution in [1.82, 2.24) is 4.90 Å². The van der Waals surface area contributed by atoms with E-state index in [4.69, 9.17) is 18.0 Å². The fourth-order valence-corrected chi connectivity index (χ4v) is 1.68. The molecule has 0 unspecified atom stereocenters. The molecule has 4 heteroatoms. The molecule has 3 nitrogen and oxygen atoms in total. The maximum Gasteiger partial charge on any atom is 0.226 e. The third-order valence-corrected chi connectivity index (χ3v) is 2.76. The van der Waals surface area contributed by atoms with Crippen LogP contribution in [0.1, 0.15) is 18.9 Å². The Morgan fingerprint density at radius 3 is 2.53 bits per heavy atom. The SMILES string of the molecule is CCN(CCC(N)=S)C(=O)Cc1ccccc1. The van der Waals surface area contributed by atoms with Crippen LogP contribution in [0.5, 0.6) is 0 Å². The minimum Gasteiger partial charge on any atom is -0.393 e. The smallest absolute Gasteiger partial charge is 0.226 e. The fraction of sp³-hybridized carbons (Fsp3) is 0.385. The highest BCUT2D eigenvalue weighted by atomic mass is 32.1. The Labute approximate surface area is 108 Å². The van der Waals surface area contributed by atoms with E-state index in [1.165, 1.54) is 0 Å². The molecule has 1 aromatic carbocycles. The number of amides is 1. The van der Waals surface area contributed by atoms with E-state index in [2.05, 4.69) is 0 Å². The molecule has 0 spiro atoms. The van der Waals surface area contributed by atoms with Gasteiger partial charge in [-0.3, -0.25) is 4.79 Å². The van der Waals surface area contributed by atoms with Crippen LogP contribution >= 0.6 is 12.2 Å². The van der Waals surface area contributed by atoms with Crippen LogP contribution in [0.15, 0.2) is 30.3 Å². The van der Waals surface area contributed by atoms with Crippen LogP contribution in [0.2, 0.25) is 0 Å². The van der Waals surface area contributed by atoms with Crippen molar-refractivity contribution in [2.75, 3.05) is 13.1 Å². The Hall–Kier alpha value is -1.42. The van der Waals surface area contributed by atoms with Crippen molar-refractivity contribution in [3.8, 4) is 0 Å². The van der Waals surface area contributed by atoms with E-state index in [9.17, 15) is 4.79 Å². The summed E-state index contributed by atoms with van der Waals surface area (Å²) in [6.07, 6.45) is 1.02. The Balaban J connectivity index is 2.52. The lowest BCUT2D eigenvalue weighted by atomic mass is 10.1. The van der Waals surface area contributed by atoms with E-state index in [-0.39, 0.29) is 5.91 Å². The third-order valence-electron chi connectivity index (χ3n) is 2.56. The maximum absolute atomic E-state index is 12.0. The second kappa shape index (κ2) is 7.01. The Morgan fingerprint density at radius 1 is 1.35 bits per heavy atom. The van der Waals surface area contributed by atoms with Gasteiger partial charge < -0.3 is 10.6 Å². The Bertz CT molecular complexity index is 378.